The Morgan fingerprint density at radius 1 is 1.73 bits per heavy atom. The average molecular weight is 157 g/mol. The van der Waals surface area contributed by atoms with Gasteiger partial charge in [0.15, 0.2) is 5.78 Å². The van der Waals surface area contributed by atoms with Crippen molar-refractivity contribution in [1.29, 1.82) is 0 Å². The first kappa shape index (κ1) is 8.68. The minimum Gasteiger partial charge on any atom is -0.377 e. The van der Waals surface area contributed by atoms with Crippen LogP contribution in [-0.4, -0.2) is 25.5 Å². The van der Waals surface area contributed by atoms with Gasteiger partial charge in [-0.15, -0.1) is 0 Å². The Morgan fingerprint density at radius 3 is 2.82 bits per heavy atom. The molecule has 0 heterocycles. The molecular weight excluding hydrogens is 142 g/mol. The molecule has 2 N–H and O–H groups in total. The van der Waals surface area contributed by atoms with Gasteiger partial charge in [-0.1, -0.05) is 12.8 Å². The van der Waals surface area contributed by atoms with E-state index in [0.29, 0.717) is 5.92 Å². The van der Waals surface area contributed by atoms with E-state index in [2.05, 4.69) is 0 Å². The first-order chi connectivity index (χ1) is 5.24. The van der Waals surface area contributed by atoms with Crippen LogP contribution in [-0.2, 0) is 9.53 Å². The molecule has 1 unspecified atom stereocenters. The lowest BCUT2D eigenvalue weighted by Gasteiger charge is -2.07. The summed E-state index contributed by atoms with van der Waals surface area (Å²) in [6.45, 7) is 0.161. The van der Waals surface area contributed by atoms with Crippen LogP contribution < -0.4 is 5.73 Å². The maximum atomic E-state index is 11.1. The van der Waals surface area contributed by atoms with Crippen molar-refractivity contribution in [2.24, 2.45) is 11.7 Å². The van der Waals surface area contributed by atoms with E-state index in [9.17, 15) is 4.79 Å². The van der Waals surface area contributed by atoms with Crippen LogP contribution in [0.15, 0.2) is 0 Å². The number of hydrogen-bond donors (Lipinski definition) is 1. The zero-order valence-electron chi connectivity index (χ0n) is 6.88. The van der Waals surface area contributed by atoms with Gasteiger partial charge in [0.25, 0.3) is 0 Å². The summed E-state index contributed by atoms with van der Waals surface area (Å²) in [6, 6.07) is -0.289. The van der Waals surface area contributed by atoms with Crippen molar-refractivity contribution >= 4 is 5.78 Å². The smallest absolute Gasteiger partial charge is 0.175 e. The van der Waals surface area contributed by atoms with Crippen molar-refractivity contribution in [1.82, 2.24) is 0 Å². The van der Waals surface area contributed by atoms with Crippen LogP contribution in [0.25, 0.3) is 0 Å². The monoisotopic (exact) mass is 157 g/mol. The summed E-state index contributed by atoms with van der Waals surface area (Å²) in [6.07, 6.45) is 3.34. The van der Waals surface area contributed by atoms with E-state index in [-0.39, 0.29) is 18.4 Å². The standard InChI is InChI=1S/C8H15NO2/c1-11-5-8(10)7(9)4-6-2-3-6/h6-7H,2-5,9H2,1H3. The third kappa shape index (κ3) is 2.99. The Balaban J connectivity index is 2.15. The maximum Gasteiger partial charge on any atom is 0.175 e. The van der Waals surface area contributed by atoms with Gasteiger partial charge in [0.2, 0.25) is 0 Å². The lowest BCUT2D eigenvalue weighted by atomic mass is 10.1. The number of methoxy groups -OCH3 is 1. The molecule has 1 aliphatic rings. The molecule has 0 saturated heterocycles. The van der Waals surface area contributed by atoms with Crippen LogP contribution in [0.2, 0.25) is 0 Å². The van der Waals surface area contributed by atoms with E-state index in [1.807, 2.05) is 0 Å². The molecule has 0 aliphatic heterocycles. The van der Waals surface area contributed by atoms with Gasteiger partial charge in [-0.25, -0.2) is 0 Å². The molecule has 1 atom stereocenters. The number of carbonyl (C=O) groups excluding carboxylic acids is 1. The molecular formula is C8H15NO2. The molecule has 0 aromatic carbocycles. The van der Waals surface area contributed by atoms with Crippen LogP contribution in [0.5, 0.6) is 0 Å². The minimum atomic E-state index is -0.289. The van der Waals surface area contributed by atoms with Crippen molar-refractivity contribution in [2.75, 3.05) is 13.7 Å². The fraction of sp³-hybridized carbons (Fsp3) is 0.875. The van der Waals surface area contributed by atoms with E-state index >= 15 is 0 Å². The van der Waals surface area contributed by atoms with Crippen molar-refractivity contribution in [3.8, 4) is 0 Å². The molecule has 0 spiro atoms. The predicted octanol–water partition coefficient (Wildman–Crippen LogP) is 0.329. The number of nitrogens with two attached hydrogens (primary N) is 1. The van der Waals surface area contributed by atoms with Gasteiger partial charge < -0.3 is 10.5 Å². The molecule has 1 aliphatic carbocycles. The second-order valence-corrected chi connectivity index (χ2v) is 3.18. The van der Waals surface area contributed by atoms with Crippen LogP contribution in [0.3, 0.4) is 0 Å². The molecule has 0 radical (unpaired) electrons. The predicted molar refractivity (Wildman–Crippen MR) is 42.2 cm³/mol. The molecule has 3 heteroatoms. The summed E-state index contributed by atoms with van der Waals surface area (Å²) in [7, 11) is 1.52. The summed E-state index contributed by atoms with van der Waals surface area (Å²) < 4.78 is 4.70. The topological polar surface area (TPSA) is 52.3 Å². The minimum absolute atomic E-state index is 0.0272. The number of ketones is 1. The van der Waals surface area contributed by atoms with Gasteiger partial charge in [-0.05, 0) is 12.3 Å². The summed E-state index contributed by atoms with van der Waals surface area (Å²) in [5.41, 5.74) is 5.61. The summed E-state index contributed by atoms with van der Waals surface area (Å²) in [5, 5.41) is 0. The first-order valence-electron chi connectivity index (χ1n) is 4.01. The SMILES string of the molecule is COCC(=O)C(N)CC1CC1. The van der Waals surface area contributed by atoms with Crippen LogP contribution in [0, 0.1) is 5.92 Å². The fourth-order valence-electron chi connectivity index (χ4n) is 1.09. The lowest BCUT2D eigenvalue weighted by Crippen LogP contribution is -2.33. The van der Waals surface area contributed by atoms with Crippen molar-refractivity contribution in [2.45, 2.75) is 25.3 Å². The van der Waals surface area contributed by atoms with Crippen LogP contribution >= 0.6 is 0 Å². The highest BCUT2D eigenvalue weighted by atomic mass is 16.5. The Bertz CT molecular complexity index is 143. The Kier molecular flexibility index (Phi) is 3.02. The molecule has 0 aromatic heterocycles. The number of Topliss-reactive ketones (excluding diaryl/α,β-unsaturated/α-hetero) is 1. The van der Waals surface area contributed by atoms with E-state index in [4.69, 9.17) is 10.5 Å². The molecule has 3 nitrogen and oxygen atoms in total. The Labute approximate surface area is 66.9 Å². The fourth-order valence-corrected chi connectivity index (χ4v) is 1.09. The Morgan fingerprint density at radius 2 is 2.36 bits per heavy atom. The van der Waals surface area contributed by atoms with Gasteiger partial charge in [0, 0.05) is 7.11 Å². The van der Waals surface area contributed by atoms with Crippen LogP contribution in [0.4, 0.5) is 0 Å². The summed E-state index contributed by atoms with van der Waals surface area (Å²) in [4.78, 5) is 11.1. The number of rotatable bonds is 5. The van der Waals surface area contributed by atoms with Gasteiger partial charge in [-0.3, -0.25) is 4.79 Å². The third-order valence-corrected chi connectivity index (χ3v) is 1.98. The molecule has 0 aromatic rings. The van der Waals surface area contributed by atoms with Crippen LogP contribution in [0.1, 0.15) is 19.3 Å². The van der Waals surface area contributed by atoms with E-state index < -0.39 is 0 Å². The highest BCUT2D eigenvalue weighted by Gasteiger charge is 2.26. The maximum absolute atomic E-state index is 11.1. The molecule has 1 fully saturated rings. The number of hydrogen-bond acceptors (Lipinski definition) is 3. The van der Waals surface area contributed by atoms with Gasteiger partial charge in [-0.2, -0.15) is 0 Å². The number of carbonyl (C=O) groups is 1. The molecule has 1 saturated carbocycles. The quantitative estimate of drug-likeness (QED) is 0.625. The second-order valence-electron chi connectivity index (χ2n) is 3.18. The Hall–Kier alpha value is -0.410. The van der Waals surface area contributed by atoms with Gasteiger partial charge >= 0.3 is 0 Å². The summed E-state index contributed by atoms with van der Waals surface area (Å²) >= 11 is 0. The van der Waals surface area contributed by atoms with E-state index in [1.165, 1.54) is 20.0 Å². The zero-order chi connectivity index (χ0) is 8.27. The van der Waals surface area contributed by atoms with Crippen molar-refractivity contribution in [3.63, 3.8) is 0 Å². The molecule has 0 bridgehead atoms. The third-order valence-electron chi connectivity index (χ3n) is 1.98. The van der Waals surface area contributed by atoms with E-state index in [1.54, 1.807) is 0 Å². The van der Waals surface area contributed by atoms with Crippen molar-refractivity contribution < 1.29 is 9.53 Å². The molecule has 0 amide bonds. The highest BCUT2D eigenvalue weighted by molar-refractivity contribution is 5.84. The second kappa shape index (κ2) is 3.83. The van der Waals surface area contributed by atoms with Crippen molar-refractivity contribution in [3.05, 3.63) is 0 Å². The molecule has 64 valence electrons. The number of ether oxygens (including phenoxy) is 1. The average Bonchev–Trinajstić information content (AvgIpc) is 2.72. The normalized spacial score (nSPS) is 19.8. The van der Waals surface area contributed by atoms with Gasteiger partial charge in [0.05, 0.1) is 6.04 Å². The molecule has 11 heavy (non-hydrogen) atoms. The first-order valence-corrected chi connectivity index (χ1v) is 4.01. The largest absolute Gasteiger partial charge is 0.377 e. The van der Waals surface area contributed by atoms with E-state index in [0.717, 1.165) is 6.42 Å². The summed E-state index contributed by atoms with van der Waals surface area (Å²) in [5.74, 6) is 0.741. The van der Waals surface area contributed by atoms with Gasteiger partial charge in [0.1, 0.15) is 6.61 Å². The zero-order valence-corrected chi connectivity index (χ0v) is 6.88. The molecule has 1 rings (SSSR count). The highest BCUT2D eigenvalue weighted by Crippen LogP contribution is 2.33. The lowest BCUT2D eigenvalue weighted by molar-refractivity contribution is -0.124.